The Morgan fingerprint density at radius 1 is 1.23 bits per heavy atom. The van der Waals surface area contributed by atoms with E-state index in [1.807, 2.05) is 36.4 Å². The predicted molar refractivity (Wildman–Crippen MR) is 94.8 cm³/mol. The van der Waals surface area contributed by atoms with Gasteiger partial charge in [-0.15, -0.1) is 5.73 Å². The Labute approximate surface area is 142 Å². The molecule has 1 aromatic rings. The summed E-state index contributed by atoms with van der Waals surface area (Å²) in [4.78, 5) is 1.68. The second-order valence-electron chi connectivity index (χ2n) is 5.80. The van der Waals surface area contributed by atoms with E-state index in [2.05, 4.69) is 45.0 Å². The summed E-state index contributed by atoms with van der Waals surface area (Å²) in [5, 5.41) is 0. The summed E-state index contributed by atoms with van der Waals surface area (Å²) in [6.45, 7) is 4.90. The molecule has 0 aliphatic rings. The highest BCUT2D eigenvalue weighted by Crippen LogP contribution is 2.24. The maximum absolute atomic E-state index is 11.9. The van der Waals surface area contributed by atoms with E-state index in [0.717, 1.165) is 18.4 Å². The van der Waals surface area contributed by atoms with Crippen LogP contribution in [0.3, 0.4) is 0 Å². The quantitative estimate of drug-likeness (QED) is 0.638. The van der Waals surface area contributed by atoms with Crippen LogP contribution in [-0.4, -0.2) is 15.0 Å². The molecule has 0 unspecified atom stereocenters. The van der Waals surface area contributed by atoms with Crippen molar-refractivity contribution in [2.24, 2.45) is 5.41 Å². The van der Waals surface area contributed by atoms with E-state index in [4.69, 9.17) is 0 Å². The van der Waals surface area contributed by atoms with Crippen molar-refractivity contribution in [3.05, 3.63) is 52.7 Å². The van der Waals surface area contributed by atoms with Crippen molar-refractivity contribution in [1.82, 2.24) is 9.44 Å². The van der Waals surface area contributed by atoms with Crippen molar-refractivity contribution in [2.45, 2.75) is 33.2 Å². The molecule has 6 heteroatoms. The normalized spacial score (nSPS) is 11.8. The molecule has 0 fully saturated rings. The van der Waals surface area contributed by atoms with Crippen molar-refractivity contribution in [2.75, 3.05) is 6.54 Å². The van der Waals surface area contributed by atoms with Crippen LogP contribution in [0.1, 0.15) is 32.3 Å². The van der Waals surface area contributed by atoms with Crippen LogP contribution in [0, 0.1) is 5.41 Å². The third kappa shape index (κ3) is 8.51. The monoisotopic (exact) mass is 386 g/mol. The van der Waals surface area contributed by atoms with Gasteiger partial charge in [-0.2, -0.15) is 13.1 Å². The fourth-order valence-corrected chi connectivity index (χ4v) is 2.85. The molecule has 0 aliphatic carbocycles. The molecule has 1 rings (SSSR count). The number of allylic oxidation sites excluding steroid dienone is 1. The van der Waals surface area contributed by atoms with Crippen LogP contribution in [-0.2, 0) is 16.8 Å². The lowest BCUT2D eigenvalue weighted by Crippen LogP contribution is -2.37. The van der Waals surface area contributed by atoms with E-state index in [0.29, 0.717) is 13.1 Å². The Hall–Kier alpha value is -0.910. The minimum atomic E-state index is -3.47. The molecule has 0 bridgehead atoms. The minimum absolute atomic E-state index is 0.0188. The fraction of sp³-hybridized carbons (Fsp3) is 0.438. The van der Waals surface area contributed by atoms with Crippen LogP contribution in [0.2, 0.25) is 0 Å². The molecule has 0 aromatic heterocycles. The number of nitrogens with one attached hydrogen (secondary N) is 2. The van der Waals surface area contributed by atoms with E-state index >= 15 is 0 Å². The molecule has 0 amide bonds. The molecule has 2 N–H and O–H groups in total. The van der Waals surface area contributed by atoms with E-state index in [1.54, 1.807) is 4.99 Å². The molecule has 4 nitrogen and oxygen atoms in total. The molecule has 0 atom stereocenters. The minimum Gasteiger partial charge on any atom is -0.202 e. The zero-order valence-electron chi connectivity index (χ0n) is 13.0. The van der Waals surface area contributed by atoms with Crippen LogP contribution in [0.5, 0.6) is 0 Å². The van der Waals surface area contributed by atoms with E-state index < -0.39 is 10.2 Å². The molecule has 0 spiro atoms. The van der Waals surface area contributed by atoms with Crippen LogP contribution in [0.4, 0.5) is 0 Å². The lowest BCUT2D eigenvalue weighted by Gasteiger charge is -2.22. The molecule has 0 aliphatic heterocycles. The summed E-state index contributed by atoms with van der Waals surface area (Å²) in [5.74, 6) is 0. The molecule has 0 saturated carbocycles. The van der Waals surface area contributed by atoms with E-state index in [9.17, 15) is 8.42 Å². The standard InChI is InChI=1S/C16H23BrN2O2S/c1-16(2,10-6-7-12-17)11-13-18-22(20,21)19-14-15-8-4-3-5-9-15/h3-6,8-9,12,18-19H,10-11,13-14H2,1-2H3. The Morgan fingerprint density at radius 3 is 2.55 bits per heavy atom. The molecular formula is C16H23BrN2O2S. The van der Waals surface area contributed by atoms with Gasteiger partial charge < -0.3 is 0 Å². The molecule has 0 heterocycles. The molecule has 0 saturated heterocycles. The molecular weight excluding hydrogens is 364 g/mol. The lowest BCUT2D eigenvalue weighted by atomic mass is 9.86. The number of halogens is 1. The van der Waals surface area contributed by atoms with Gasteiger partial charge in [0.15, 0.2) is 0 Å². The zero-order valence-corrected chi connectivity index (χ0v) is 15.4. The van der Waals surface area contributed by atoms with Gasteiger partial charge in [-0.3, -0.25) is 0 Å². The second kappa shape index (κ2) is 9.28. The van der Waals surface area contributed by atoms with Crippen LogP contribution in [0.25, 0.3) is 0 Å². The van der Waals surface area contributed by atoms with Gasteiger partial charge in [0.25, 0.3) is 10.2 Å². The number of hydrogen-bond donors (Lipinski definition) is 2. The van der Waals surface area contributed by atoms with E-state index in [-0.39, 0.29) is 5.41 Å². The first kappa shape index (κ1) is 19.1. The van der Waals surface area contributed by atoms with Gasteiger partial charge in [0, 0.05) is 18.1 Å². The Kier molecular flexibility index (Phi) is 8.07. The number of rotatable bonds is 9. The summed E-state index contributed by atoms with van der Waals surface area (Å²) in [5.41, 5.74) is 3.91. The average molecular weight is 387 g/mol. The molecule has 22 heavy (non-hydrogen) atoms. The van der Waals surface area contributed by atoms with Gasteiger partial charge in [-0.1, -0.05) is 60.1 Å². The topological polar surface area (TPSA) is 58.2 Å². The first-order chi connectivity index (χ1) is 10.3. The maximum Gasteiger partial charge on any atom is 0.277 e. The zero-order chi connectivity index (χ0) is 16.5. The highest BCUT2D eigenvalue weighted by Gasteiger charge is 2.17. The fourth-order valence-electron chi connectivity index (χ4n) is 1.83. The van der Waals surface area contributed by atoms with Crippen LogP contribution < -0.4 is 9.44 Å². The van der Waals surface area contributed by atoms with Gasteiger partial charge in [0.2, 0.25) is 0 Å². The highest BCUT2D eigenvalue weighted by atomic mass is 79.9. The molecule has 0 radical (unpaired) electrons. The van der Waals surface area contributed by atoms with Crippen LogP contribution in [0.15, 0.2) is 47.1 Å². The van der Waals surface area contributed by atoms with Crippen LogP contribution >= 0.6 is 15.9 Å². The Balaban J connectivity index is 2.37. The smallest absolute Gasteiger partial charge is 0.202 e. The predicted octanol–water partition coefficient (Wildman–Crippen LogP) is 3.48. The summed E-state index contributed by atoms with van der Waals surface area (Å²) in [7, 11) is -3.47. The molecule has 122 valence electrons. The highest BCUT2D eigenvalue weighted by molar-refractivity contribution is 9.11. The Morgan fingerprint density at radius 2 is 1.91 bits per heavy atom. The largest absolute Gasteiger partial charge is 0.277 e. The summed E-state index contributed by atoms with van der Waals surface area (Å²) < 4.78 is 28.9. The summed E-state index contributed by atoms with van der Waals surface area (Å²) in [6, 6.07) is 9.44. The summed E-state index contributed by atoms with van der Waals surface area (Å²) >= 11 is 3.17. The summed E-state index contributed by atoms with van der Waals surface area (Å²) in [6.07, 6.45) is 3.53. The molecule has 1 aromatic carbocycles. The number of hydrogen-bond acceptors (Lipinski definition) is 2. The third-order valence-electron chi connectivity index (χ3n) is 3.24. The van der Waals surface area contributed by atoms with Gasteiger partial charge in [0.05, 0.1) is 0 Å². The van der Waals surface area contributed by atoms with Crippen molar-refractivity contribution >= 4 is 26.1 Å². The first-order valence-electron chi connectivity index (χ1n) is 7.12. The van der Waals surface area contributed by atoms with Crippen molar-refractivity contribution in [1.29, 1.82) is 0 Å². The van der Waals surface area contributed by atoms with Gasteiger partial charge in [-0.25, -0.2) is 4.72 Å². The van der Waals surface area contributed by atoms with Crippen molar-refractivity contribution < 1.29 is 8.42 Å². The first-order valence-corrected chi connectivity index (χ1v) is 9.52. The number of benzene rings is 1. The third-order valence-corrected chi connectivity index (χ3v) is 4.61. The van der Waals surface area contributed by atoms with Crippen molar-refractivity contribution in [3.63, 3.8) is 0 Å². The maximum atomic E-state index is 11.9. The van der Waals surface area contributed by atoms with Gasteiger partial charge in [0.1, 0.15) is 0 Å². The second-order valence-corrected chi connectivity index (χ2v) is 7.84. The Bertz CT molecular complexity index is 606. The average Bonchev–Trinajstić information content (AvgIpc) is 2.46. The lowest BCUT2D eigenvalue weighted by molar-refractivity contribution is 0.340. The van der Waals surface area contributed by atoms with Gasteiger partial charge in [-0.05, 0) is 29.9 Å². The SMILES string of the molecule is CC(C)(CC=C=CBr)CCNS(=O)(=O)NCc1ccccc1. The van der Waals surface area contributed by atoms with E-state index in [1.165, 1.54) is 0 Å². The van der Waals surface area contributed by atoms with Crippen molar-refractivity contribution in [3.8, 4) is 0 Å². The van der Waals surface area contributed by atoms with Gasteiger partial charge >= 0.3 is 0 Å².